The number of carboxylic acids is 1. The average molecular weight is 285 g/mol. The third-order valence-electron chi connectivity index (χ3n) is 2.68. The van der Waals surface area contributed by atoms with Crippen LogP contribution in [0, 0.1) is 0 Å². The number of carboxylic acid groups (broad SMARTS) is 1. The molecule has 0 aliphatic carbocycles. The lowest BCUT2D eigenvalue weighted by atomic mass is 9.98. The van der Waals surface area contributed by atoms with Crippen molar-refractivity contribution < 1.29 is 14.7 Å². The molecule has 0 saturated heterocycles. The van der Waals surface area contributed by atoms with E-state index in [-0.39, 0.29) is 18.2 Å². The Morgan fingerprint density at radius 1 is 1.42 bits per heavy atom. The monoisotopic (exact) mass is 285 g/mol. The summed E-state index contributed by atoms with van der Waals surface area (Å²) in [6.07, 6.45) is 0.391. The molecular weight excluding hydrogens is 266 g/mol. The van der Waals surface area contributed by atoms with E-state index in [1.54, 1.807) is 13.8 Å². The Morgan fingerprint density at radius 3 is 2.58 bits per heavy atom. The molecule has 0 bridgehead atoms. The number of aromatic nitrogens is 2. The molecule has 1 heterocycles. The van der Waals surface area contributed by atoms with Crippen LogP contribution in [0.3, 0.4) is 0 Å². The second-order valence-corrected chi connectivity index (χ2v) is 6.13. The van der Waals surface area contributed by atoms with Crippen LogP contribution in [0.4, 0.5) is 0 Å². The number of nitrogens with one attached hydrogen (secondary N) is 1. The van der Waals surface area contributed by atoms with E-state index in [1.807, 2.05) is 13.8 Å². The Labute approximate surface area is 116 Å². The van der Waals surface area contributed by atoms with Gasteiger partial charge in [-0.05, 0) is 37.7 Å². The van der Waals surface area contributed by atoms with Crippen LogP contribution in [0.25, 0.3) is 0 Å². The number of aliphatic carboxylic acids is 1. The summed E-state index contributed by atoms with van der Waals surface area (Å²) in [5.41, 5.74) is 0.102. The molecule has 0 spiro atoms. The number of nitrogens with zero attached hydrogens (tertiary/aromatic N) is 2. The summed E-state index contributed by atoms with van der Waals surface area (Å²) >= 11 is 1.06. The molecule has 1 amide bonds. The molecule has 0 aromatic carbocycles. The highest BCUT2D eigenvalue weighted by Crippen LogP contribution is 2.21. The molecule has 106 valence electrons. The Morgan fingerprint density at radius 2 is 2.05 bits per heavy atom. The molecule has 0 unspecified atom stereocenters. The van der Waals surface area contributed by atoms with E-state index in [9.17, 15) is 9.59 Å². The van der Waals surface area contributed by atoms with Gasteiger partial charge in [-0.3, -0.25) is 9.59 Å². The predicted molar refractivity (Wildman–Crippen MR) is 72.4 cm³/mol. The van der Waals surface area contributed by atoms with Gasteiger partial charge in [0, 0.05) is 12.0 Å². The quantitative estimate of drug-likeness (QED) is 0.834. The molecular formula is C12H19N3O3S. The lowest BCUT2D eigenvalue weighted by molar-refractivity contribution is -0.137. The molecule has 2 N–H and O–H groups in total. The van der Waals surface area contributed by atoms with Crippen molar-refractivity contribution in [2.45, 2.75) is 52.0 Å². The molecule has 0 radical (unpaired) electrons. The minimum absolute atomic E-state index is 0.0191. The van der Waals surface area contributed by atoms with E-state index in [4.69, 9.17) is 5.11 Å². The van der Waals surface area contributed by atoms with Crippen molar-refractivity contribution in [3.8, 4) is 0 Å². The largest absolute Gasteiger partial charge is 0.481 e. The first-order valence-corrected chi connectivity index (χ1v) is 6.87. The van der Waals surface area contributed by atoms with Gasteiger partial charge >= 0.3 is 5.97 Å². The summed E-state index contributed by atoms with van der Waals surface area (Å²) in [5.74, 6) is -0.986. The summed E-state index contributed by atoms with van der Waals surface area (Å²) in [4.78, 5) is 23.2. The number of carbonyl (C=O) groups is 2. The van der Waals surface area contributed by atoms with Crippen molar-refractivity contribution in [1.29, 1.82) is 0 Å². The maximum Gasteiger partial charge on any atom is 0.303 e. The first-order valence-electron chi connectivity index (χ1n) is 6.09. The van der Waals surface area contributed by atoms with Gasteiger partial charge in [-0.15, -0.1) is 5.10 Å². The van der Waals surface area contributed by atoms with Gasteiger partial charge in [0.15, 0.2) is 0 Å². The van der Waals surface area contributed by atoms with Crippen molar-refractivity contribution in [3.63, 3.8) is 0 Å². The predicted octanol–water partition coefficient (Wildman–Crippen LogP) is 2.03. The zero-order valence-corrected chi connectivity index (χ0v) is 12.4. The lowest BCUT2D eigenvalue weighted by Crippen LogP contribution is -2.43. The van der Waals surface area contributed by atoms with Crippen molar-refractivity contribution >= 4 is 23.4 Å². The third-order valence-corrected chi connectivity index (χ3v) is 3.42. The zero-order valence-electron chi connectivity index (χ0n) is 11.6. The molecule has 0 fully saturated rings. The van der Waals surface area contributed by atoms with Crippen LogP contribution in [0.2, 0.25) is 0 Å². The minimum Gasteiger partial charge on any atom is -0.481 e. The standard InChI is InChI=1S/C12H19N3O3S/c1-7(2)9-10(19-15-14-9)11(18)13-12(3,4)6-5-8(16)17/h7H,5-6H2,1-4H3,(H,13,18)(H,16,17). The van der Waals surface area contributed by atoms with Crippen LogP contribution in [-0.4, -0.2) is 32.1 Å². The second-order valence-electron chi connectivity index (χ2n) is 5.37. The Hall–Kier alpha value is -1.50. The number of carbonyl (C=O) groups excluding carboxylic acids is 1. The summed E-state index contributed by atoms with van der Waals surface area (Å²) in [6.45, 7) is 7.50. The first kappa shape index (κ1) is 15.6. The second kappa shape index (κ2) is 6.10. The molecule has 0 aliphatic rings. The molecule has 1 aromatic rings. The van der Waals surface area contributed by atoms with E-state index in [1.165, 1.54) is 0 Å². The van der Waals surface area contributed by atoms with Gasteiger partial charge < -0.3 is 10.4 Å². The fourth-order valence-electron chi connectivity index (χ4n) is 1.58. The van der Waals surface area contributed by atoms with Gasteiger partial charge in [-0.2, -0.15) is 0 Å². The van der Waals surface area contributed by atoms with Gasteiger partial charge in [-0.25, -0.2) is 0 Å². The molecule has 1 aromatic heterocycles. The fourth-order valence-corrected chi connectivity index (χ4v) is 2.29. The maximum atomic E-state index is 12.2. The zero-order chi connectivity index (χ0) is 14.6. The van der Waals surface area contributed by atoms with Crippen LogP contribution < -0.4 is 5.32 Å². The highest BCUT2D eigenvalue weighted by molar-refractivity contribution is 7.08. The fraction of sp³-hybridized carbons (Fsp3) is 0.667. The summed E-state index contributed by atoms with van der Waals surface area (Å²) in [6, 6.07) is 0. The summed E-state index contributed by atoms with van der Waals surface area (Å²) in [7, 11) is 0. The summed E-state index contributed by atoms with van der Waals surface area (Å²) < 4.78 is 3.81. The number of hydrogen-bond acceptors (Lipinski definition) is 5. The Balaban J connectivity index is 2.73. The Kier molecular flexibility index (Phi) is 4.99. The Bertz CT molecular complexity index is 469. The van der Waals surface area contributed by atoms with Crippen LogP contribution >= 0.6 is 11.5 Å². The van der Waals surface area contributed by atoms with Gasteiger partial charge in [0.2, 0.25) is 0 Å². The molecule has 1 rings (SSSR count). The van der Waals surface area contributed by atoms with E-state index >= 15 is 0 Å². The summed E-state index contributed by atoms with van der Waals surface area (Å²) in [5, 5.41) is 15.5. The highest BCUT2D eigenvalue weighted by Gasteiger charge is 2.25. The van der Waals surface area contributed by atoms with Gasteiger partial charge in [0.1, 0.15) is 4.88 Å². The van der Waals surface area contributed by atoms with E-state index in [0.29, 0.717) is 17.0 Å². The van der Waals surface area contributed by atoms with Crippen LogP contribution in [0.1, 0.15) is 61.8 Å². The lowest BCUT2D eigenvalue weighted by Gasteiger charge is -2.25. The molecule has 0 saturated carbocycles. The highest BCUT2D eigenvalue weighted by atomic mass is 32.1. The minimum atomic E-state index is -0.871. The molecule has 7 heteroatoms. The van der Waals surface area contributed by atoms with Crippen molar-refractivity contribution in [3.05, 3.63) is 10.6 Å². The molecule has 6 nitrogen and oxygen atoms in total. The van der Waals surface area contributed by atoms with E-state index in [2.05, 4.69) is 14.9 Å². The van der Waals surface area contributed by atoms with Gasteiger partial charge in [0.05, 0.1) is 5.69 Å². The maximum absolute atomic E-state index is 12.2. The van der Waals surface area contributed by atoms with Gasteiger partial charge in [-0.1, -0.05) is 18.3 Å². The normalized spacial score (nSPS) is 11.6. The molecule has 19 heavy (non-hydrogen) atoms. The van der Waals surface area contributed by atoms with Crippen LogP contribution in [0.15, 0.2) is 0 Å². The van der Waals surface area contributed by atoms with E-state index in [0.717, 1.165) is 11.5 Å². The average Bonchev–Trinajstić information content (AvgIpc) is 2.75. The van der Waals surface area contributed by atoms with Crippen LogP contribution in [0.5, 0.6) is 0 Å². The van der Waals surface area contributed by atoms with E-state index < -0.39 is 11.5 Å². The number of amides is 1. The van der Waals surface area contributed by atoms with Crippen LogP contribution in [-0.2, 0) is 4.79 Å². The SMILES string of the molecule is CC(C)c1nnsc1C(=O)NC(C)(C)CCC(=O)O. The number of hydrogen-bond donors (Lipinski definition) is 2. The third kappa shape index (κ3) is 4.59. The van der Waals surface area contributed by atoms with Crippen molar-refractivity contribution in [1.82, 2.24) is 14.9 Å². The topological polar surface area (TPSA) is 92.2 Å². The molecule has 0 atom stereocenters. The number of rotatable bonds is 6. The van der Waals surface area contributed by atoms with Crippen molar-refractivity contribution in [2.75, 3.05) is 0 Å². The first-order chi connectivity index (χ1) is 8.73. The smallest absolute Gasteiger partial charge is 0.303 e. The molecule has 0 aliphatic heterocycles. The van der Waals surface area contributed by atoms with Crippen molar-refractivity contribution in [2.24, 2.45) is 0 Å². The van der Waals surface area contributed by atoms with Gasteiger partial charge in [0.25, 0.3) is 5.91 Å².